The zero-order valence-electron chi connectivity index (χ0n) is 22.2. The minimum absolute atomic E-state index is 0.109. The lowest BCUT2D eigenvalue weighted by Crippen LogP contribution is -2.37. The molecule has 0 radical (unpaired) electrons. The van der Waals surface area contributed by atoms with Gasteiger partial charge in [-0.25, -0.2) is 8.42 Å². The van der Waals surface area contributed by atoms with E-state index in [1.54, 1.807) is 12.1 Å². The number of anilines is 2. The number of sulfonamides is 1. The van der Waals surface area contributed by atoms with E-state index in [0.717, 1.165) is 38.0 Å². The minimum atomic E-state index is -4.46. The van der Waals surface area contributed by atoms with Gasteiger partial charge in [-0.2, -0.15) is 13.2 Å². The topological polar surface area (TPSA) is 117 Å². The number of nitrogens with zero attached hydrogens (tertiary/aromatic N) is 1. The number of nitrogens with one attached hydrogen (secondary N) is 2. The van der Waals surface area contributed by atoms with Crippen molar-refractivity contribution in [2.75, 3.05) is 55.7 Å². The Morgan fingerprint density at radius 3 is 2.37 bits per heavy atom. The molecule has 1 aliphatic rings. The van der Waals surface area contributed by atoms with Crippen LogP contribution in [0.1, 0.15) is 22.3 Å². The molecule has 0 saturated carbocycles. The third kappa shape index (κ3) is 8.59. The molecule has 3 N–H and O–H groups in total. The molecule has 1 fully saturated rings. The van der Waals surface area contributed by atoms with E-state index in [-0.39, 0.29) is 35.0 Å². The van der Waals surface area contributed by atoms with Crippen LogP contribution in [0.25, 0.3) is 11.1 Å². The van der Waals surface area contributed by atoms with Crippen molar-refractivity contribution >= 4 is 27.3 Å². The van der Waals surface area contributed by atoms with Gasteiger partial charge in [0, 0.05) is 25.3 Å². The van der Waals surface area contributed by atoms with Crippen molar-refractivity contribution in [2.45, 2.75) is 12.6 Å². The Morgan fingerprint density at radius 2 is 1.71 bits per heavy atom. The summed E-state index contributed by atoms with van der Waals surface area (Å²) in [4.78, 5) is 15.5. The van der Waals surface area contributed by atoms with Crippen molar-refractivity contribution in [1.82, 2.24) is 4.90 Å². The van der Waals surface area contributed by atoms with Gasteiger partial charge in [0.2, 0.25) is 10.0 Å². The predicted molar refractivity (Wildman–Crippen MR) is 149 cm³/mol. The largest absolute Gasteiger partial charge is 0.506 e. The average molecular weight is 594 g/mol. The van der Waals surface area contributed by atoms with E-state index in [0.29, 0.717) is 30.8 Å². The summed E-state index contributed by atoms with van der Waals surface area (Å²) in [5.74, 6) is -0.656. The van der Waals surface area contributed by atoms with Crippen LogP contribution in [0.3, 0.4) is 0 Å². The molecule has 0 atom stereocenters. The monoisotopic (exact) mass is 593 g/mol. The fourth-order valence-electron chi connectivity index (χ4n) is 4.25. The highest BCUT2D eigenvalue weighted by Crippen LogP contribution is 2.33. The number of aromatic hydroxyl groups is 1. The standard InChI is InChI=1S/C28H30F3N3O6S/c1-41(37,38)33-24-18-22(8-10-25(24)35)32-27(36)23-9-5-20(19-3-6-21(7-4-19)28(29,30)31)17-26(23)40-14-2-11-34-12-15-39-16-13-34/h3-10,17-18,33,35H,2,11-16H2,1H3,(H,32,36). The number of morpholine rings is 1. The number of ether oxygens (including phenoxy) is 2. The maximum Gasteiger partial charge on any atom is 0.416 e. The second-order valence-corrected chi connectivity index (χ2v) is 11.3. The molecule has 0 aliphatic carbocycles. The number of alkyl halides is 3. The van der Waals surface area contributed by atoms with Crippen molar-refractivity contribution in [1.29, 1.82) is 0 Å². The van der Waals surface area contributed by atoms with Gasteiger partial charge >= 0.3 is 6.18 Å². The number of carbonyl (C=O) groups is 1. The lowest BCUT2D eigenvalue weighted by molar-refractivity contribution is -0.137. The van der Waals surface area contributed by atoms with Gasteiger partial charge < -0.3 is 19.9 Å². The fraction of sp³-hybridized carbons (Fsp3) is 0.321. The second kappa shape index (κ2) is 12.8. The maximum atomic E-state index is 13.3. The minimum Gasteiger partial charge on any atom is -0.506 e. The van der Waals surface area contributed by atoms with E-state index in [9.17, 15) is 31.5 Å². The molecule has 220 valence electrons. The normalized spacial score (nSPS) is 14.4. The van der Waals surface area contributed by atoms with Gasteiger partial charge in [0.05, 0.1) is 42.9 Å². The van der Waals surface area contributed by atoms with E-state index in [2.05, 4.69) is 14.9 Å². The third-order valence-electron chi connectivity index (χ3n) is 6.30. The molecule has 1 amide bonds. The summed E-state index contributed by atoms with van der Waals surface area (Å²) in [6.07, 6.45) is -2.86. The lowest BCUT2D eigenvalue weighted by atomic mass is 10.0. The van der Waals surface area contributed by atoms with Crippen LogP contribution >= 0.6 is 0 Å². The molecule has 3 aromatic rings. The first-order valence-corrected chi connectivity index (χ1v) is 14.6. The Balaban J connectivity index is 1.56. The highest BCUT2D eigenvalue weighted by molar-refractivity contribution is 7.92. The van der Waals surface area contributed by atoms with Gasteiger partial charge in [-0.1, -0.05) is 18.2 Å². The molecule has 3 aromatic carbocycles. The van der Waals surface area contributed by atoms with Crippen molar-refractivity contribution in [3.63, 3.8) is 0 Å². The maximum absolute atomic E-state index is 13.3. The molecule has 1 saturated heterocycles. The number of halogens is 3. The summed E-state index contributed by atoms with van der Waals surface area (Å²) in [5, 5.41) is 12.6. The SMILES string of the molecule is CS(=O)(=O)Nc1cc(NC(=O)c2ccc(-c3ccc(C(F)(F)F)cc3)cc2OCCCN2CCOCC2)ccc1O. The highest BCUT2D eigenvalue weighted by atomic mass is 32.2. The quantitative estimate of drug-likeness (QED) is 0.176. The number of phenolic OH excluding ortho intramolecular Hbond substituents is 1. The summed E-state index contributed by atoms with van der Waals surface area (Å²) in [5.41, 5.74) is 0.570. The van der Waals surface area contributed by atoms with Crippen LogP contribution in [-0.4, -0.2) is 70.0 Å². The molecule has 13 heteroatoms. The molecule has 1 heterocycles. The van der Waals surface area contributed by atoms with E-state index < -0.39 is 27.7 Å². The molecular formula is C28H30F3N3O6S. The van der Waals surface area contributed by atoms with Crippen LogP contribution in [-0.2, 0) is 20.9 Å². The Hall–Kier alpha value is -3.81. The molecule has 0 bridgehead atoms. The van der Waals surface area contributed by atoms with Crippen molar-refractivity contribution in [3.8, 4) is 22.6 Å². The van der Waals surface area contributed by atoms with Crippen LogP contribution in [0.2, 0.25) is 0 Å². The van der Waals surface area contributed by atoms with E-state index in [1.165, 1.54) is 36.4 Å². The van der Waals surface area contributed by atoms with Crippen LogP contribution < -0.4 is 14.8 Å². The van der Waals surface area contributed by atoms with Gasteiger partial charge in [0.15, 0.2) is 0 Å². The van der Waals surface area contributed by atoms with E-state index in [4.69, 9.17) is 9.47 Å². The zero-order chi connectivity index (χ0) is 29.6. The van der Waals surface area contributed by atoms with Crippen LogP contribution in [0.15, 0.2) is 60.7 Å². The molecule has 41 heavy (non-hydrogen) atoms. The van der Waals surface area contributed by atoms with Crippen LogP contribution in [0.4, 0.5) is 24.5 Å². The van der Waals surface area contributed by atoms with Crippen molar-refractivity contribution < 1.29 is 41.0 Å². The van der Waals surface area contributed by atoms with Gasteiger partial charge in [-0.3, -0.25) is 14.4 Å². The first-order chi connectivity index (χ1) is 19.4. The van der Waals surface area contributed by atoms with Crippen LogP contribution in [0.5, 0.6) is 11.5 Å². The Bertz CT molecular complexity index is 1470. The molecular weight excluding hydrogens is 563 g/mol. The molecule has 4 rings (SSSR count). The van der Waals surface area contributed by atoms with Gasteiger partial charge in [0.25, 0.3) is 5.91 Å². The molecule has 9 nitrogen and oxygen atoms in total. The molecule has 0 unspecified atom stereocenters. The highest BCUT2D eigenvalue weighted by Gasteiger charge is 2.30. The number of amides is 1. The first kappa shape index (κ1) is 30.2. The molecule has 1 aliphatic heterocycles. The van der Waals surface area contributed by atoms with Gasteiger partial charge in [-0.05, 0) is 60.0 Å². The molecule has 0 spiro atoms. The van der Waals surface area contributed by atoms with E-state index in [1.807, 2.05) is 0 Å². The summed E-state index contributed by atoms with van der Waals surface area (Å²) in [7, 11) is -3.68. The zero-order valence-corrected chi connectivity index (χ0v) is 23.0. The third-order valence-corrected chi connectivity index (χ3v) is 6.89. The average Bonchev–Trinajstić information content (AvgIpc) is 2.92. The summed E-state index contributed by atoms with van der Waals surface area (Å²) < 4.78 is 75.8. The number of phenols is 1. The second-order valence-electron chi connectivity index (χ2n) is 9.50. The number of hydrogen-bond acceptors (Lipinski definition) is 7. The number of carbonyl (C=O) groups excluding carboxylic acids is 1. The number of benzene rings is 3. The number of rotatable bonds is 10. The van der Waals surface area contributed by atoms with Gasteiger partial charge in [-0.15, -0.1) is 0 Å². The van der Waals surface area contributed by atoms with Crippen LogP contribution in [0, 0.1) is 0 Å². The summed E-state index contributed by atoms with van der Waals surface area (Å²) in [6, 6.07) is 13.3. The summed E-state index contributed by atoms with van der Waals surface area (Å²) >= 11 is 0. The van der Waals surface area contributed by atoms with E-state index >= 15 is 0 Å². The van der Waals surface area contributed by atoms with Crippen molar-refractivity contribution in [2.24, 2.45) is 0 Å². The number of hydrogen-bond donors (Lipinski definition) is 3. The lowest BCUT2D eigenvalue weighted by Gasteiger charge is -2.26. The Kier molecular flexibility index (Phi) is 9.41. The fourth-order valence-corrected chi connectivity index (χ4v) is 4.81. The molecule has 0 aromatic heterocycles. The van der Waals surface area contributed by atoms with Gasteiger partial charge in [0.1, 0.15) is 11.5 Å². The Labute approximate surface area is 235 Å². The Morgan fingerprint density at radius 1 is 1.02 bits per heavy atom. The van der Waals surface area contributed by atoms with Crippen molar-refractivity contribution in [3.05, 3.63) is 71.8 Å². The summed E-state index contributed by atoms with van der Waals surface area (Å²) in [6.45, 7) is 4.03. The predicted octanol–water partition coefficient (Wildman–Crippen LogP) is 4.80. The first-order valence-electron chi connectivity index (χ1n) is 12.8. The smallest absolute Gasteiger partial charge is 0.416 e.